The summed E-state index contributed by atoms with van der Waals surface area (Å²) >= 11 is 5.91. The topological polar surface area (TPSA) is 164 Å². The molecule has 226 valence electrons. The maximum atomic E-state index is 15.0. The lowest BCUT2D eigenvalue weighted by Gasteiger charge is -2.30. The van der Waals surface area contributed by atoms with Crippen LogP contribution in [0.3, 0.4) is 0 Å². The molecule has 3 aromatic rings. The van der Waals surface area contributed by atoms with E-state index < -0.39 is 55.9 Å². The van der Waals surface area contributed by atoms with Crippen LogP contribution >= 0.6 is 19.3 Å². The number of aliphatic hydroxyl groups excluding tert-OH is 1. The number of aromatic nitrogens is 2. The molecule has 0 radical (unpaired) electrons. The first-order valence-electron chi connectivity index (χ1n) is 12.5. The van der Waals surface area contributed by atoms with E-state index in [9.17, 15) is 28.0 Å². The van der Waals surface area contributed by atoms with Crippen LogP contribution in [-0.4, -0.2) is 50.9 Å². The summed E-state index contributed by atoms with van der Waals surface area (Å²) in [6.07, 6.45) is -5.60. The molecule has 4 N–H and O–H groups in total. The maximum absolute atomic E-state index is 15.0. The Balaban J connectivity index is 1.52. The van der Waals surface area contributed by atoms with Gasteiger partial charge < -0.3 is 24.8 Å². The number of nitrogen functional groups attached to an aromatic ring is 1. The van der Waals surface area contributed by atoms with E-state index in [1.54, 1.807) is 30.3 Å². The first kappa shape index (κ1) is 31.5. The van der Waals surface area contributed by atoms with Gasteiger partial charge in [-0.25, -0.2) is 9.36 Å². The molecular formula is C26H28ClF2N4O8P. The second kappa shape index (κ2) is 12.5. The van der Waals surface area contributed by atoms with Crippen LogP contribution < -0.4 is 21.0 Å². The summed E-state index contributed by atoms with van der Waals surface area (Å²) in [4.78, 5) is 28.5. The molecule has 2 heterocycles. The van der Waals surface area contributed by atoms with Crippen LogP contribution in [0.5, 0.6) is 5.75 Å². The van der Waals surface area contributed by atoms with Gasteiger partial charge in [0.25, 0.3) is 0 Å². The van der Waals surface area contributed by atoms with Gasteiger partial charge in [0.05, 0.1) is 6.61 Å². The van der Waals surface area contributed by atoms with E-state index in [0.29, 0.717) is 15.2 Å². The van der Waals surface area contributed by atoms with Gasteiger partial charge in [0.15, 0.2) is 6.10 Å². The smallest absolute Gasteiger partial charge is 0.459 e. The van der Waals surface area contributed by atoms with Crippen molar-refractivity contribution in [2.24, 2.45) is 0 Å². The molecule has 0 saturated carbocycles. The van der Waals surface area contributed by atoms with E-state index in [0.717, 1.165) is 12.3 Å². The molecule has 0 bridgehead atoms. The molecule has 0 aliphatic carbocycles. The highest BCUT2D eigenvalue weighted by atomic mass is 35.5. The molecule has 4 rings (SSSR count). The average Bonchev–Trinajstić information content (AvgIpc) is 3.15. The van der Waals surface area contributed by atoms with Crippen LogP contribution in [0.2, 0.25) is 5.02 Å². The number of aliphatic hydroxyl groups is 1. The predicted molar refractivity (Wildman–Crippen MR) is 147 cm³/mol. The van der Waals surface area contributed by atoms with Crippen molar-refractivity contribution in [2.75, 3.05) is 12.3 Å². The molecule has 0 amide bonds. The van der Waals surface area contributed by atoms with Gasteiger partial charge >= 0.3 is 25.3 Å². The van der Waals surface area contributed by atoms with Gasteiger partial charge in [-0.1, -0.05) is 41.9 Å². The Bertz CT molecular complexity index is 1510. The number of esters is 1. The number of ether oxygens (including phenoxy) is 2. The molecular weight excluding hydrogens is 601 g/mol. The van der Waals surface area contributed by atoms with Crippen molar-refractivity contribution in [3.63, 3.8) is 0 Å². The molecule has 12 nitrogen and oxygen atoms in total. The summed E-state index contributed by atoms with van der Waals surface area (Å²) in [7, 11) is -4.58. The Morgan fingerprint density at radius 2 is 1.88 bits per heavy atom. The lowest BCUT2D eigenvalue weighted by atomic mass is 10.1. The van der Waals surface area contributed by atoms with Crippen LogP contribution in [0.15, 0.2) is 71.7 Å². The first-order valence-corrected chi connectivity index (χ1v) is 14.4. The summed E-state index contributed by atoms with van der Waals surface area (Å²) in [5.41, 5.74) is 3.31. The number of alkyl halides is 2. The number of carbonyl (C=O) groups is 1. The van der Waals surface area contributed by atoms with Crippen molar-refractivity contribution >= 4 is 31.1 Å². The van der Waals surface area contributed by atoms with Gasteiger partial charge in [0.1, 0.15) is 29.8 Å². The highest BCUT2D eigenvalue weighted by Gasteiger charge is 2.60. The fourth-order valence-corrected chi connectivity index (χ4v) is 5.70. The van der Waals surface area contributed by atoms with Crippen LogP contribution in [0, 0.1) is 0 Å². The summed E-state index contributed by atoms with van der Waals surface area (Å²) in [6.45, 7) is 1.73. The zero-order valence-electron chi connectivity index (χ0n) is 22.4. The zero-order chi connectivity index (χ0) is 30.7. The minimum absolute atomic E-state index is 0.000664. The quantitative estimate of drug-likeness (QED) is 0.210. The molecule has 1 aliphatic rings. The van der Waals surface area contributed by atoms with Gasteiger partial charge in [-0.05, 0) is 49.7 Å². The highest BCUT2D eigenvalue weighted by molar-refractivity contribution is 7.52. The molecule has 42 heavy (non-hydrogen) atoms. The van der Waals surface area contributed by atoms with Gasteiger partial charge in [0.2, 0.25) is 6.23 Å². The molecule has 1 fully saturated rings. The molecule has 2 aromatic carbocycles. The van der Waals surface area contributed by atoms with Crippen molar-refractivity contribution in [3.8, 4) is 5.75 Å². The Morgan fingerprint density at radius 1 is 1.21 bits per heavy atom. The van der Waals surface area contributed by atoms with E-state index in [-0.39, 0.29) is 18.2 Å². The van der Waals surface area contributed by atoms with Crippen molar-refractivity contribution < 1.29 is 41.8 Å². The van der Waals surface area contributed by atoms with Gasteiger partial charge in [-0.2, -0.15) is 18.9 Å². The Hall–Kier alpha value is -3.39. The van der Waals surface area contributed by atoms with Crippen molar-refractivity contribution in [3.05, 3.63) is 87.9 Å². The Morgan fingerprint density at radius 3 is 2.52 bits per heavy atom. The summed E-state index contributed by atoms with van der Waals surface area (Å²) < 4.78 is 66.0. The van der Waals surface area contributed by atoms with E-state index in [4.69, 9.17) is 35.9 Å². The van der Waals surface area contributed by atoms with Crippen LogP contribution in [-0.2, 0) is 30.0 Å². The number of benzene rings is 2. The monoisotopic (exact) mass is 628 g/mol. The lowest BCUT2D eigenvalue weighted by Crippen LogP contribution is -2.47. The largest absolute Gasteiger partial charge is 0.459 e. The third-order valence-electron chi connectivity index (χ3n) is 6.07. The second-order valence-electron chi connectivity index (χ2n) is 9.83. The summed E-state index contributed by atoms with van der Waals surface area (Å²) in [5.74, 6) is -5.01. The van der Waals surface area contributed by atoms with Gasteiger partial charge in [-0.3, -0.25) is 13.9 Å². The number of hydrogen-bond donors (Lipinski definition) is 3. The fraction of sp³-hybridized carbons (Fsp3) is 0.346. The summed E-state index contributed by atoms with van der Waals surface area (Å²) in [6, 6.07) is 15.5. The normalized spacial score (nSPS) is 21.4. The summed E-state index contributed by atoms with van der Waals surface area (Å²) in [5, 5.41) is 13.2. The SMILES string of the molecule is CC(C)(NP(=O)(OC[C@H]1O[C@@H](n2ccc(N)nc2=O)C(F)(F)C1O)Oc1ccc(Cl)cc1)C(=O)OCc1ccccc1. The van der Waals surface area contributed by atoms with Crippen LogP contribution in [0.4, 0.5) is 14.6 Å². The van der Waals surface area contributed by atoms with Crippen molar-refractivity contribution in [1.29, 1.82) is 0 Å². The number of nitrogens with two attached hydrogens (primary N) is 1. The molecule has 2 unspecified atom stereocenters. The highest BCUT2D eigenvalue weighted by Crippen LogP contribution is 2.49. The standard InChI is InChI=1S/C26H28ClF2N4O8P/c1-25(2,23(35)38-14-16-6-4-3-5-7-16)32-42(37,41-18-10-8-17(27)9-11-18)39-15-19-21(34)26(28,29)22(40-19)33-13-12-20(30)31-24(33)36/h3-13,19,21-22,34H,14-15H2,1-2H3,(H,32,37)(H2,30,31,36)/t19-,21?,22-,42?/m1/s1. The lowest BCUT2D eigenvalue weighted by molar-refractivity contribution is -0.151. The number of anilines is 1. The first-order chi connectivity index (χ1) is 19.7. The maximum Gasteiger partial charge on any atom is 0.459 e. The number of rotatable bonds is 11. The third kappa shape index (κ3) is 7.33. The van der Waals surface area contributed by atoms with Crippen LogP contribution in [0.25, 0.3) is 0 Å². The number of halogens is 3. The van der Waals surface area contributed by atoms with E-state index >= 15 is 0 Å². The van der Waals surface area contributed by atoms with Crippen LogP contribution in [0.1, 0.15) is 25.6 Å². The van der Waals surface area contributed by atoms with E-state index in [1.165, 1.54) is 38.1 Å². The fourth-order valence-electron chi connectivity index (χ4n) is 3.89. The predicted octanol–water partition coefficient (Wildman–Crippen LogP) is 3.69. The number of nitrogens with one attached hydrogen (secondary N) is 1. The number of hydrogen-bond acceptors (Lipinski definition) is 10. The van der Waals surface area contributed by atoms with E-state index in [1.807, 2.05) is 0 Å². The van der Waals surface area contributed by atoms with Crippen molar-refractivity contribution in [2.45, 2.75) is 50.4 Å². The Labute approximate surface area is 243 Å². The number of nitrogens with zero attached hydrogens (tertiary/aromatic N) is 2. The minimum Gasteiger partial charge on any atom is -0.459 e. The second-order valence-corrected chi connectivity index (χ2v) is 11.9. The molecule has 4 atom stereocenters. The minimum atomic E-state index is -4.58. The molecule has 0 spiro atoms. The van der Waals surface area contributed by atoms with E-state index in [2.05, 4.69) is 10.1 Å². The van der Waals surface area contributed by atoms with Crippen molar-refractivity contribution in [1.82, 2.24) is 14.6 Å². The van der Waals surface area contributed by atoms with Gasteiger partial charge in [0, 0.05) is 11.2 Å². The van der Waals surface area contributed by atoms with Gasteiger partial charge in [-0.15, -0.1) is 0 Å². The Kier molecular flexibility index (Phi) is 9.36. The molecule has 1 aromatic heterocycles. The average molecular weight is 629 g/mol. The molecule has 1 aliphatic heterocycles. The molecule has 1 saturated heterocycles. The number of carbonyl (C=O) groups excluding carboxylic acids is 1. The zero-order valence-corrected chi connectivity index (χ0v) is 24.0. The third-order valence-corrected chi connectivity index (χ3v) is 8.10. The molecule has 16 heteroatoms.